The van der Waals surface area contributed by atoms with E-state index >= 15 is 0 Å². The Morgan fingerprint density at radius 1 is 0.274 bits per heavy atom. The number of furan rings is 2. The van der Waals surface area contributed by atoms with Crippen molar-refractivity contribution < 1.29 is 8.83 Å². The number of rotatable bonds is 6. The van der Waals surface area contributed by atoms with Crippen LogP contribution >= 0.6 is 0 Å². The third-order valence-electron chi connectivity index (χ3n) is 15.8. The quantitative estimate of drug-likeness (QED) is 0.166. The third kappa shape index (κ3) is 5.49. The van der Waals surface area contributed by atoms with Gasteiger partial charge in [-0.15, -0.1) is 0 Å². The highest BCUT2D eigenvalue weighted by atomic mass is 16.3. The first-order valence-electron chi connectivity index (χ1n) is 25.1. The van der Waals surface area contributed by atoms with Gasteiger partial charge < -0.3 is 18.6 Å². The molecule has 0 radical (unpaired) electrons. The molecule has 12 aromatic carbocycles. The molecule has 0 bridgehead atoms. The minimum Gasteiger partial charge on any atom is -0.456 e. The maximum absolute atomic E-state index is 7.30. The summed E-state index contributed by atoms with van der Waals surface area (Å²) in [7, 11) is 0. The summed E-state index contributed by atoms with van der Waals surface area (Å²) < 4.78 is 14.2. The lowest BCUT2D eigenvalue weighted by molar-refractivity contribution is 0.669. The van der Waals surface area contributed by atoms with E-state index in [9.17, 15) is 0 Å². The third-order valence-corrected chi connectivity index (χ3v) is 15.8. The van der Waals surface area contributed by atoms with Crippen molar-refractivity contribution in [2.45, 2.75) is 5.41 Å². The van der Waals surface area contributed by atoms with Crippen molar-refractivity contribution in [1.82, 2.24) is 0 Å². The zero-order valence-corrected chi connectivity index (χ0v) is 39.5. The Kier molecular flexibility index (Phi) is 8.35. The van der Waals surface area contributed by atoms with Gasteiger partial charge >= 0.3 is 0 Å². The van der Waals surface area contributed by atoms with E-state index < -0.39 is 5.41 Å². The average Bonchev–Trinajstić information content (AvgIpc) is 4.23. The molecule has 2 aliphatic rings. The molecule has 2 heterocycles. The molecule has 340 valence electrons. The van der Waals surface area contributed by atoms with Gasteiger partial charge in [-0.25, -0.2) is 0 Å². The second kappa shape index (κ2) is 15.2. The Labute approximate surface area is 420 Å². The summed E-state index contributed by atoms with van der Waals surface area (Å²) in [4.78, 5) is 4.89. The molecule has 16 rings (SSSR count). The zero-order valence-electron chi connectivity index (χ0n) is 39.5. The smallest absolute Gasteiger partial charge is 0.143 e. The van der Waals surface area contributed by atoms with Crippen molar-refractivity contribution in [3.8, 4) is 22.3 Å². The van der Waals surface area contributed by atoms with E-state index in [1.165, 1.54) is 44.5 Å². The highest BCUT2D eigenvalue weighted by Crippen LogP contribution is 2.67. The van der Waals surface area contributed by atoms with Crippen LogP contribution in [0.2, 0.25) is 0 Å². The summed E-state index contributed by atoms with van der Waals surface area (Å²) in [5.74, 6) is 0. The van der Waals surface area contributed by atoms with Crippen LogP contribution < -0.4 is 9.80 Å². The number of fused-ring (bicyclic) bond motifs is 21. The molecule has 4 nitrogen and oxygen atoms in total. The van der Waals surface area contributed by atoms with Crippen LogP contribution in [0.15, 0.2) is 264 Å². The maximum atomic E-state index is 7.30. The summed E-state index contributed by atoms with van der Waals surface area (Å²) in [5.41, 5.74) is 18.9. The van der Waals surface area contributed by atoms with Gasteiger partial charge in [0.1, 0.15) is 22.3 Å². The first-order valence-corrected chi connectivity index (χ1v) is 25.1. The zero-order chi connectivity index (χ0) is 47.8. The Morgan fingerprint density at radius 2 is 0.712 bits per heavy atom. The molecule has 2 aromatic heterocycles. The molecule has 4 heteroatoms. The molecule has 1 spiro atoms. The number of anilines is 6. The molecule has 73 heavy (non-hydrogen) atoms. The Balaban J connectivity index is 1.17. The van der Waals surface area contributed by atoms with Crippen LogP contribution in [0.3, 0.4) is 0 Å². The Hall–Kier alpha value is -9.64. The first-order chi connectivity index (χ1) is 36.2. The average molecular weight is 931 g/mol. The van der Waals surface area contributed by atoms with E-state index in [0.29, 0.717) is 0 Å². The molecular formula is C69H42N2O2. The molecule has 0 saturated heterocycles. The maximum Gasteiger partial charge on any atom is 0.143 e. The van der Waals surface area contributed by atoms with Crippen molar-refractivity contribution in [3.05, 3.63) is 277 Å². The number of para-hydroxylation sites is 6. The lowest BCUT2D eigenvalue weighted by Gasteiger charge is -2.34. The fraction of sp³-hybridized carbons (Fsp3) is 0.0145. The molecule has 14 aromatic rings. The minimum absolute atomic E-state index is 0.779. The van der Waals surface area contributed by atoms with Gasteiger partial charge in [-0.3, -0.25) is 0 Å². The molecule has 2 aliphatic carbocycles. The Morgan fingerprint density at radius 3 is 1.27 bits per heavy atom. The summed E-state index contributed by atoms with van der Waals surface area (Å²) in [6, 6.07) is 92.9. The number of benzene rings is 12. The molecule has 0 saturated carbocycles. The second-order valence-electron chi connectivity index (χ2n) is 19.4. The van der Waals surface area contributed by atoms with E-state index in [2.05, 4.69) is 265 Å². The van der Waals surface area contributed by atoms with E-state index in [-0.39, 0.29) is 0 Å². The van der Waals surface area contributed by atoms with Gasteiger partial charge in [-0.05, 0) is 141 Å². The van der Waals surface area contributed by atoms with Gasteiger partial charge in [0.25, 0.3) is 0 Å². The molecule has 0 aliphatic heterocycles. The van der Waals surface area contributed by atoms with E-state index in [4.69, 9.17) is 8.83 Å². The minimum atomic E-state index is -0.779. The summed E-state index contributed by atoms with van der Waals surface area (Å²) in [6.45, 7) is 0. The summed E-state index contributed by atoms with van der Waals surface area (Å²) >= 11 is 0. The largest absolute Gasteiger partial charge is 0.456 e. The van der Waals surface area contributed by atoms with E-state index in [1.54, 1.807) is 0 Å². The number of hydrogen-bond donors (Lipinski definition) is 0. The van der Waals surface area contributed by atoms with Crippen LogP contribution in [0.1, 0.15) is 22.3 Å². The molecule has 0 atom stereocenters. The van der Waals surface area contributed by atoms with Crippen molar-refractivity contribution in [1.29, 1.82) is 0 Å². The first kappa shape index (κ1) is 40.1. The lowest BCUT2D eigenvalue weighted by Crippen LogP contribution is -2.26. The van der Waals surface area contributed by atoms with E-state index in [1.807, 2.05) is 0 Å². The van der Waals surface area contributed by atoms with Gasteiger partial charge in [-0.2, -0.15) is 0 Å². The van der Waals surface area contributed by atoms with Gasteiger partial charge in [0, 0.05) is 60.5 Å². The molecule has 0 N–H and O–H groups in total. The summed E-state index contributed by atoms with van der Waals surface area (Å²) in [5, 5.41) is 8.76. The van der Waals surface area contributed by atoms with Crippen LogP contribution in [0, 0.1) is 0 Å². The highest BCUT2D eigenvalue weighted by Gasteiger charge is 2.54. The van der Waals surface area contributed by atoms with Gasteiger partial charge in [0.15, 0.2) is 0 Å². The highest BCUT2D eigenvalue weighted by molar-refractivity contribution is 6.28. The van der Waals surface area contributed by atoms with Crippen LogP contribution in [-0.2, 0) is 5.41 Å². The van der Waals surface area contributed by atoms with Crippen LogP contribution in [0.25, 0.3) is 87.7 Å². The second-order valence-corrected chi connectivity index (χ2v) is 19.4. The monoisotopic (exact) mass is 930 g/mol. The molecule has 0 amide bonds. The summed E-state index contributed by atoms with van der Waals surface area (Å²) in [6.07, 6.45) is 0. The van der Waals surface area contributed by atoms with Crippen molar-refractivity contribution in [2.24, 2.45) is 0 Å². The number of nitrogens with zero attached hydrogens (tertiary/aromatic N) is 2. The fourth-order valence-corrected chi connectivity index (χ4v) is 12.9. The lowest BCUT2D eigenvalue weighted by atomic mass is 9.70. The molecule has 0 unspecified atom stereocenters. The molecular weight excluding hydrogens is 889 g/mol. The standard InChI is InChI=1S/C69H42N2O2/c1-5-21-43(22-6-1)70(44-23-7-2-8-24-44)60-42-59-67(66-52(60)38-37-51-49-31-15-20-36-63(49)73-68(51)66)65-55-40-64-54(50-32-16-19-35-62(50)72-64)39-53(55)61(71(45-25-9-3-10-26-45)46-27-11-4-12-28-46)41-58(65)69(59)56-33-17-13-29-47(56)48-30-14-18-34-57(48)69/h1-42H. The predicted molar refractivity (Wildman–Crippen MR) is 302 cm³/mol. The van der Waals surface area contributed by atoms with Gasteiger partial charge in [-0.1, -0.05) is 164 Å². The van der Waals surface area contributed by atoms with Gasteiger partial charge in [0.2, 0.25) is 0 Å². The van der Waals surface area contributed by atoms with E-state index in [0.717, 1.165) is 99.5 Å². The van der Waals surface area contributed by atoms with Crippen LogP contribution in [-0.4, -0.2) is 0 Å². The topological polar surface area (TPSA) is 32.8 Å². The van der Waals surface area contributed by atoms with Crippen molar-refractivity contribution >= 4 is 99.5 Å². The SMILES string of the molecule is c1ccc(N(c2ccccc2)c2cc3c(c4cc5oc6ccccc6c5cc24)-c2c(cc(N(c4ccccc4)c4ccccc4)c4ccc5c6ccccc6oc5c24)C32c3ccccc3-c3ccccc32)cc1. The van der Waals surface area contributed by atoms with Crippen LogP contribution in [0.4, 0.5) is 34.1 Å². The van der Waals surface area contributed by atoms with Crippen LogP contribution in [0.5, 0.6) is 0 Å². The number of hydrogen-bond acceptors (Lipinski definition) is 4. The van der Waals surface area contributed by atoms with Crippen molar-refractivity contribution in [2.75, 3.05) is 9.80 Å². The molecule has 0 fully saturated rings. The normalized spacial score (nSPS) is 13.0. The van der Waals surface area contributed by atoms with Gasteiger partial charge in [0.05, 0.1) is 16.8 Å². The predicted octanol–water partition coefficient (Wildman–Crippen LogP) is 19.1. The fourth-order valence-electron chi connectivity index (χ4n) is 12.9. The van der Waals surface area contributed by atoms with Crippen molar-refractivity contribution in [3.63, 3.8) is 0 Å². The Bertz CT molecular complexity index is 4430.